The van der Waals surface area contributed by atoms with Gasteiger partial charge in [-0.1, -0.05) is 187 Å². The second-order valence-corrected chi connectivity index (χ2v) is 12.5. The average molecular weight is 757 g/mol. The molecule has 264 valence electrons. The molecule has 1 heterocycles. The average Bonchev–Trinajstić information content (AvgIpc) is 1.22. The normalized spacial score (nSPS) is 20.2. The molecular weight excluding hydrogens is 689 g/mol. The molecule has 57 heavy (non-hydrogen) atoms. The van der Waals surface area contributed by atoms with E-state index in [-0.39, 0.29) is 0 Å². The van der Waals surface area contributed by atoms with Crippen LogP contribution in [-0.4, -0.2) is 0 Å². The van der Waals surface area contributed by atoms with Crippen LogP contribution in [0.5, 0.6) is 0 Å². The molecule has 0 saturated carbocycles. The number of para-hydroxylation sites is 1. The molecular formula is C56H34O. The van der Waals surface area contributed by atoms with E-state index in [1.54, 1.807) is 0 Å². The third-order valence-corrected chi connectivity index (χ3v) is 9.50. The molecule has 12 rings (SSSR count). The Kier molecular flexibility index (Phi) is 2.87. The van der Waals surface area contributed by atoms with E-state index in [9.17, 15) is 19.2 Å². The predicted octanol–water partition coefficient (Wildman–Crippen LogP) is 16.0. The Bertz CT molecular complexity index is 5480. The highest BCUT2D eigenvalue weighted by atomic mass is 16.3. The van der Waals surface area contributed by atoms with Crippen molar-refractivity contribution in [3.63, 3.8) is 0 Å². The van der Waals surface area contributed by atoms with Crippen molar-refractivity contribution < 1.29 is 51.0 Å². The van der Waals surface area contributed by atoms with E-state index in [1.807, 2.05) is 0 Å². The maximum atomic E-state index is 10.1. The van der Waals surface area contributed by atoms with E-state index in [4.69, 9.17) is 31.8 Å². The lowest BCUT2D eigenvalue weighted by atomic mass is 9.83. The number of hydrogen-bond acceptors (Lipinski definition) is 1. The van der Waals surface area contributed by atoms with Crippen molar-refractivity contribution in [3.8, 4) is 44.5 Å². The number of fused-ring (bicyclic) bond motifs is 8. The Morgan fingerprint density at radius 3 is 1.47 bits per heavy atom. The lowest BCUT2D eigenvalue weighted by molar-refractivity contribution is 0.670. The van der Waals surface area contributed by atoms with E-state index in [0.29, 0.717) is 0 Å². The molecule has 1 aromatic heterocycles. The molecule has 0 bridgehead atoms. The quantitative estimate of drug-likeness (QED) is 0.163. The van der Waals surface area contributed by atoms with Crippen LogP contribution in [0.15, 0.2) is 210 Å². The van der Waals surface area contributed by atoms with Gasteiger partial charge in [-0.25, -0.2) is 0 Å². The van der Waals surface area contributed by atoms with Gasteiger partial charge in [-0.3, -0.25) is 0 Å². The van der Waals surface area contributed by atoms with Crippen LogP contribution >= 0.6 is 0 Å². The summed E-state index contributed by atoms with van der Waals surface area (Å²) in [6.07, 6.45) is 0. The fraction of sp³-hybridized carbons (Fsp3) is 0. The van der Waals surface area contributed by atoms with Gasteiger partial charge in [0.2, 0.25) is 0 Å². The minimum Gasteiger partial charge on any atom is -0.455 e. The zero-order chi connectivity index (χ0) is 67.0. The maximum absolute atomic E-state index is 10.1. The largest absolute Gasteiger partial charge is 0.455 e. The molecule has 1 heteroatoms. The minimum atomic E-state index is -1.21. The molecule has 0 aliphatic heterocycles. The first kappa shape index (κ1) is 13.0. The van der Waals surface area contributed by atoms with E-state index in [1.165, 1.54) is 0 Å². The summed E-state index contributed by atoms with van der Waals surface area (Å²) in [5.74, 6) is 0. The summed E-state index contributed by atoms with van der Waals surface area (Å²) in [7, 11) is 0. The lowest BCUT2D eigenvalue weighted by Gasteiger charge is -2.20. The second-order valence-electron chi connectivity index (χ2n) is 12.5. The van der Waals surface area contributed by atoms with Crippen molar-refractivity contribution in [2.45, 2.75) is 0 Å². The smallest absolute Gasteiger partial charge is 0.143 e. The van der Waals surface area contributed by atoms with Gasteiger partial charge >= 0.3 is 0 Å². The minimum absolute atomic E-state index is 0.550. The highest BCUT2D eigenvalue weighted by Crippen LogP contribution is 2.48. The van der Waals surface area contributed by atoms with Gasteiger partial charge in [0.15, 0.2) is 0 Å². The lowest BCUT2D eigenvalue weighted by Crippen LogP contribution is -1.93. The monoisotopic (exact) mass is 756 g/mol. The van der Waals surface area contributed by atoms with Crippen LogP contribution in [-0.2, 0) is 0 Å². The van der Waals surface area contributed by atoms with Gasteiger partial charge in [0.05, 0.1) is 46.6 Å². The maximum Gasteiger partial charge on any atom is 0.143 e. The zero-order valence-corrected chi connectivity index (χ0v) is 28.4. The Hall–Kier alpha value is -7.48. The first-order chi connectivity index (χ1) is 42.4. The first-order valence-corrected chi connectivity index (χ1v) is 16.9. The molecule has 0 N–H and O–H groups in total. The molecule has 0 unspecified atom stereocenters. The van der Waals surface area contributed by atoms with Crippen LogP contribution in [0.3, 0.4) is 0 Å². The van der Waals surface area contributed by atoms with Crippen molar-refractivity contribution in [2.24, 2.45) is 0 Å². The molecule has 1 nitrogen and oxygen atoms in total. The fourth-order valence-electron chi connectivity index (χ4n) is 7.07. The van der Waals surface area contributed by atoms with Gasteiger partial charge in [-0.2, -0.15) is 0 Å². The van der Waals surface area contributed by atoms with Crippen LogP contribution in [0.4, 0.5) is 0 Å². The standard InChI is InChI=1S/C56H34O/c1-2-15-37-33-38(28-27-35(37)13-1)42-24-12-26-51-52-34-39(29-32-53(52)57-56(42)51)41-30-31-50(44-19-6-5-18-43(41)44)55-48-22-9-7-20-46(48)54(47-21-8-10-23-49(47)55)45-25-11-16-36-14-3-4-17-40(36)45/h1-34H/i1D,2D,3D,4D,5D,6D,7D,8D,9D,10D,11D,12D,13D,14D,15D,16D,17D,18D,19D,20D,21D,22D,23D,24D,25D,26D,27D,28D,29D,30D,31D,32D,33D,34D. The number of furan rings is 1. The summed E-state index contributed by atoms with van der Waals surface area (Å²) in [4.78, 5) is 0. The molecule has 0 aliphatic rings. The number of benzene rings is 11. The van der Waals surface area contributed by atoms with Gasteiger partial charge in [-0.05, 0) is 111 Å². The molecule has 0 atom stereocenters. The van der Waals surface area contributed by atoms with E-state index in [2.05, 4.69) is 0 Å². The Morgan fingerprint density at radius 1 is 0.281 bits per heavy atom. The zero-order valence-electron chi connectivity index (χ0n) is 62.4. The summed E-state index contributed by atoms with van der Waals surface area (Å²) in [5, 5.41) is -8.92. The van der Waals surface area contributed by atoms with E-state index in [0.717, 1.165) is 0 Å². The van der Waals surface area contributed by atoms with Gasteiger partial charge in [0.1, 0.15) is 11.2 Å². The third-order valence-electron chi connectivity index (χ3n) is 9.50. The number of hydrogen-bond donors (Lipinski definition) is 0. The predicted molar refractivity (Wildman–Crippen MR) is 243 cm³/mol. The summed E-state index contributed by atoms with van der Waals surface area (Å²) in [6, 6.07) is -33.9. The highest BCUT2D eigenvalue weighted by Gasteiger charge is 2.20. The molecule has 12 aromatic rings. The fourth-order valence-corrected chi connectivity index (χ4v) is 7.07. The summed E-state index contributed by atoms with van der Waals surface area (Å²) in [5.41, 5.74) is -8.05. The topological polar surface area (TPSA) is 13.1 Å². The van der Waals surface area contributed by atoms with Crippen LogP contribution in [0.1, 0.15) is 46.6 Å². The molecule has 0 spiro atoms. The summed E-state index contributed by atoms with van der Waals surface area (Å²) < 4.78 is 318. The van der Waals surface area contributed by atoms with Crippen molar-refractivity contribution in [3.05, 3.63) is 205 Å². The summed E-state index contributed by atoms with van der Waals surface area (Å²) >= 11 is 0. The van der Waals surface area contributed by atoms with Crippen molar-refractivity contribution in [1.82, 2.24) is 0 Å². The number of rotatable bonds is 4. The van der Waals surface area contributed by atoms with E-state index >= 15 is 0 Å². The Labute approximate surface area is 377 Å². The van der Waals surface area contributed by atoms with Gasteiger partial charge < -0.3 is 4.42 Å². The van der Waals surface area contributed by atoms with Gasteiger partial charge in [0, 0.05) is 16.3 Å². The molecule has 0 aliphatic carbocycles. The first-order valence-electron chi connectivity index (χ1n) is 33.9. The van der Waals surface area contributed by atoms with Crippen molar-refractivity contribution in [2.75, 3.05) is 0 Å². The van der Waals surface area contributed by atoms with Gasteiger partial charge in [-0.15, -0.1) is 0 Å². The van der Waals surface area contributed by atoms with Crippen molar-refractivity contribution >= 4 is 75.8 Å². The highest BCUT2D eigenvalue weighted by molar-refractivity contribution is 6.26. The Balaban J connectivity index is 1.30. The summed E-state index contributed by atoms with van der Waals surface area (Å²) in [6.45, 7) is 0. The molecule has 0 amide bonds. The SMILES string of the molecule is [2H]c1c(-c2c([2H])c([2H])c(-c3c4c([2H])c([2H])c([2H])c([2H])c4c(-c4c([2H])c([2H])c([2H])c5c([2H])c([2H])c([2H])c([2H])c45)c4c([2H])c([2H])c([2H])c([2H])c34)c3c([2H])c([2H])c([2H])c([2H])c23)c([2H])c2c(oc3c(-c4c([2H])c([2H])c5c([2H])c([2H])c([2H])c([2H])c5c4[2H])c([2H])c([2H])c([2H])c32)c1[2H]. The molecule has 11 aromatic carbocycles. The molecule has 0 fully saturated rings. The Morgan fingerprint density at radius 2 is 0.754 bits per heavy atom. The van der Waals surface area contributed by atoms with Crippen molar-refractivity contribution in [1.29, 1.82) is 0 Å². The second kappa shape index (κ2) is 12.5. The van der Waals surface area contributed by atoms with Crippen LogP contribution in [0, 0.1) is 0 Å². The van der Waals surface area contributed by atoms with Gasteiger partial charge in [0.25, 0.3) is 0 Å². The molecule has 0 radical (unpaired) electrons. The third kappa shape index (κ3) is 4.89. The van der Waals surface area contributed by atoms with Crippen LogP contribution in [0.25, 0.3) is 120 Å². The molecule has 0 saturated heterocycles. The van der Waals surface area contributed by atoms with E-state index < -0.39 is 326 Å². The van der Waals surface area contributed by atoms with Crippen LogP contribution in [0.2, 0.25) is 0 Å². The van der Waals surface area contributed by atoms with Crippen LogP contribution < -0.4 is 0 Å².